The van der Waals surface area contributed by atoms with Crippen LogP contribution in [0.1, 0.15) is 18.2 Å². The summed E-state index contributed by atoms with van der Waals surface area (Å²) in [5.41, 5.74) is 1.98. The zero-order chi connectivity index (χ0) is 23.6. The first-order valence-electron chi connectivity index (χ1n) is 10.7. The molecule has 2 unspecified atom stereocenters. The molecule has 33 heavy (non-hydrogen) atoms. The molecule has 0 saturated carbocycles. The molecule has 0 bridgehead atoms. The average molecular weight is 510 g/mol. The Morgan fingerprint density at radius 1 is 1.18 bits per heavy atom. The molecule has 4 rings (SSSR count). The quantitative estimate of drug-likeness (QED) is 0.530. The normalized spacial score (nSPS) is 23.6. The van der Waals surface area contributed by atoms with E-state index in [0.717, 1.165) is 27.9 Å². The van der Waals surface area contributed by atoms with Crippen LogP contribution in [-0.2, 0) is 16.4 Å². The van der Waals surface area contributed by atoms with Gasteiger partial charge in [-0.25, -0.2) is 13.4 Å². The van der Waals surface area contributed by atoms with E-state index in [9.17, 15) is 8.42 Å². The molecule has 1 aliphatic carbocycles. The number of hydrogen-bond donors (Lipinski definition) is 0. The standard InChI is InChI=1S/C23H28ClN3O4S2/c1-23(24)9-5-4-6-21(23)33(28,29)27-12-10-26(11-13-27)22-25-18(16-32-22)14-17-7-8-19(30-2)15-20(17)31-3/h4-9,15-16,21H,10-14H2,1-3H3. The Morgan fingerprint density at radius 2 is 1.94 bits per heavy atom. The van der Waals surface area contributed by atoms with Crippen LogP contribution in [0, 0.1) is 0 Å². The van der Waals surface area contributed by atoms with Crippen LogP contribution in [-0.4, -0.2) is 68.2 Å². The fourth-order valence-corrected chi connectivity index (χ4v) is 7.40. The zero-order valence-corrected chi connectivity index (χ0v) is 21.3. The molecule has 0 N–H and O–H groups in total. The third-order valence-corrected chi connectivity index (χ3v) is 9.79. The van der Waals surface area contributed by atoms with Crippen molar-refractivity contribution in [3.63, 3.8) is 0 Å². The number of anilines is 1. The van der Waals surface area contributed by atoms with E-state index in [4.69, 9.17) is 26.1 Å². The third-order valence-electron chi connectivity index (χ3n) is 5.97. The third kappa shape index (κ3) is 5.06. The van der Waals surface area contributed by atoms with E-state index in [2.05, 4.69) is 4.90 Å². The van der Waals surface area contributed by atoms with Crippen molar-refractivity contribution >= 4 is 38.1 Å². The number of aromatic nitrogens is 1. The predicted octanol–water partition coefficient (Wildman–Crippen LogP) is 3.70. The van der Waals surface area contributed by atoms with Crippen molar-refractivity contribution in [2.45, 2.75) is 23.5 Å². The molecule has 2 aliphatic rings. The van der Waals surface area contributed by atoms with E-state index in [-0.39, 0.29) is 0 Å². The van der Waals surface area contributed by atoms with Crippen LogP contribution >= 0.6 is 22.9 Å². The number of allylic oxidation sites excluding steroid dienone is 3. The van der Waals surface area contributed by atoms with Crippen LogP contribution < -0.4 is 14.4 Å². The Morgan fingerprint density at radius 3 is 2.61 bits per heavy atom. The van der Waals surface area contributed by atoms with Crippen molar-refractivity contribution in [3.8, 4) is 11.5 Å². The SMILES string of the molecule is COc1ccc(Cc2csc(N3CCN(S(=O)(=O)C4C=CC=CC4(C)Cl)CC3)n2)c(OC)c1. The van der Waals surface area contributed by atoms with Gasteiger partial charge in [-0.2, -0.15) is 4.31 Å². The van der Waals surface area contributed by atoms with Crippen molar-refractivity contribution in [1.29, 1.82) is 0 Å². The van der Waals surface area contributed by atoms with E-state index in [0.29, 0.717) is 32.6 Å². The maximum Gasteiger partial charge on any atom is 0.222 e. The summed E-state index contributed by atoms with van der Waals surface area (Å²) >= 11 is 8.07. The van der Waals surface area contributed by atoms with Gasteiger partial charge in [0.05, 0.1) is 24.8 Å². The van der Waals surface area contributed by atoms with Crippen LogP contribution in [0.3, 0.4) is 0 Å². The maximum atomic E-state index is 13.2. The topological polar surface area (TPSA) is 72.0 Å². The van der Waals surface area contributed by atoms with Gasteiger partial charge < -0.3 is 14.4 Å². The van der Waals surface area contributed by atoms with Gasteiger partial charge in [-0.05, 0) is 13.0 Å². The number of nitrogens with zero attached hydrogens (tertiary/aromatic N) is 3. The monoisotopic (exact) mass is 509 g/mol. The predicted molar refractivity (Wildman–Crippen MR) is 133 cm³/mol. The largest absolute Gasteiger partial charge is 0.497 e. The minimum absolute atomic E-state index is 0.407. The van der Waals surface area contributed by atoms with Crippen molar-refractivity contribution in [3.05, 3.63) is 59.1 Å². The molecule has 0 amide bonds. The van der Waals surface area contributed by atoms with Gasteiger partial charge in [-0.15, -0.1) is 22.9 Å². The second-order valence-corrected chi connectivity index (χ2v) is 11.9. The first-order valence-corrected chi connectivity index (χ1v) is 13.4. The van der Waals surface area contributed by atoms with E-state index in [1.165, 1.54) is 0 Å². The molecule has 178 valence electrons. The fraction of sp³-hybridized carbons (Fsp3) is 0.435. The lowest BCUT2D eigenvalue weighted by molar-refractivity contribution is 0.379. The van der Waals surface area contributed by atoms with Crippen LogP contribution in [0.4, 0.5) is 5.13 Å². The summed E-state index contributed by atoms with van der Waals surface area (Å²) in [4.78, 5) is 5.99. The Hall–Kier alpha value is -2.07. The Kier molecular flexibility index (Phi) is 7.04. The molecule has 1 fully saturated rings. The van der Waals surface area contributed by atoms with Gasteiger partial charge in [0.15, 0.2) is 5.13 Å². The number of rotatable bonds is 7. The number of ether oxygens (including phenoxy) is 2. The van der Waals surface area contributed by atoms with Gasteiger partial charge in [-0.1, -0.05) is 30.4 Å². The number of alkyl halides is 1. The second kappa shape index (κ2) is 9.66. The molecule has 1 aromatic carbocycles. The minimum atomic E-state index is -3.55. The fourth-order valence-electron chi connectivity index (χ4n) is 4.09. The van der Waals surface area contributed by atoms with E-state index in [1.807, 2.05) is 23.6 Å². The van der Waals surface area contributed by atoms with Crippen LogP contribution in [0.2, 0.25) is 0 Å². The van der Waals surface area contributed by atoms with Crippen LogP contribution in [0.25, 0.3) is 0 Å². The Labute approximate surface area is 204 Å². The molecule has 0 spiro atoms. The number of halogens is 1. The van der Waals surface area contributed by atoms with Crippen molar-refractivity contribution in [1.82, 2.24) is 9.29 Å². The van der Waals surface area contributed by atoms with Crippen LogP contribution in [0.5, 0.6) is 11.5 Å². The number of thiazole rings is 1. The second-order valence-electron chi connectivity index (χ2n) is 8.22. The van der Waals surface area contributed by atoms with E-state index in [1.54, 1.807) is 61.1 Å². The molecule has 1 aliphatic heterocycles. The van der Waals surface area contributed by atoms with Gasteiger partial charge in [-0.3, -0.25) is 0 Å². The van der Waals surface area contributed by atoms with Crippen molar-refractivity contribution < 1.29 is 17.9 Å². The first-order chi connectivity index (χ1) is 15.7. The highest BCUT2D eigenvalue weighted by molar-refractivity contribution is 7.90. The Bertz CT molecular complexity index is 1150. The number of piperazine rings is 1. The first kappa shape index (κ1) is 24.1. The Balaban J connectivity index is 1.40. The lowest BCUT2D eigenvalue weighted by Crippen LogP contribution is -2.54. The van der Waals surface area contributed by atoms with Crippen LogP contribution in [0.15, 0.2) is 47.9 Å². The number of hydrogen-bond acceptors (Lipinski definition) is 7. The molecular formula is C23H28ClN3O4S2. The molecule has 1 aromatic heterocycles. The molecule has 10 heteroatoms. The number of methoxy groups -OCH3 is 2. The van der Waals surface area contributed by atoms with E-state index < -0.39 is 20.1 Å². The summed E-state index contributed by atoms with van der Waals surface area (Å²) in [6.07, 6.45) is 7.60. The zero-order valence-electron chi connectivity index (χ0n) is 18.9. The summed E-state index contributed by atoms with van der Waals surface area (Å²) < 4.78 is 38.7. The minimum Gasteiger partial charge on any atom is -0.497 e. The van der Waals surface area contributed by atoms with Gasteiger partial charge in [0.2, 0.25) is 10.0 Å². The van der Waals surface area contributed by atoms with Gasteiger partial charge in [0, 0.05) is 49.6 Å². The number of sulfonamides is 1. The van der Waals surface area contributed by atoms with Gasteiger partial charge >= 0.3 is 0 Å². The van der Waals surface area contributed by atoms with Crippen molar-refractivity contribution in [2.75, 3.05) is 45.3 Å². The summed E-state index contributed by atoms with van der Waals surface area (Å²) in [7, 11) is -0.280. The molecule has 2 heterocycles. The average Bonchev–Trinajstić information content (AvgIpc) is 3.27. The molecule has 2 atom stereocenters. The molecular weight excluding hydrogens is 482 g/mol. The lowest BCUT2D eigenvalue weighted by atomic mass is 10.0. The van der Waals surface area contributed by atoms with Gasteiger partial charge in [0.25, 0.3) is 0 Å². The highest BCUT2D eigenvalue weighted by Gasteiger charge is 2.43. The summed E-state index contributed by atoms with van der Waals surface area (Å²) in [5, 5.41) is 2.17. The summed E-state index contributed by atoms with van der Waals surface area (Å²) in [5.74, 6) is 1.51. The molecule has 0 radical (unpaired) electrons. The summed E-state index contributed by atoms with van der Waals surface area (Å²) in [6, 6.07) is 5.76. The van der Waals surface area contributed by atoms with E-state index >= 15 is 0 Å². The molecule has 7 nitrogen and oxygen atoms in total. The smallest absolute Gasteiger partial charge is 0.222 e. The summed E-state index contributed by atoms with van der Waals surface area (Å²) in [6.45, 7) is 3.73. The number of benzene rings is 1. The highest BCUT2D eigenvalue weighted by Crippen LogP contribution is 2.33. The highest BCUT2D eigenvalue weighted by atomic mass is 35.5. The van der Waals surface area contributed by atoms with Crippen molar-refractivity contribution in [2.24, 2.45) is 0 Å². The molecule has 1 saturated heterocycles. The molecule has 2 aromatic rings. The maximum absolute atomic E-state index is 13.2. The lowest BCUT2D eigenvalue weighted by Gasteiger charge is -2.38. The van der Waals surface area contributed by atoms with Gasteiger partial charge in [0.1, 0.15) is 16.7 Å².